The van der Waals surface area contributed by atoms with Crippen molar-refractivity contribution in [2.24, 2.45) is 0 Å². The van der Waals surface area contributed by atoms with Gasteiger partial charge in [0.15, 0.2) is 0 Å². The van der Waals surface area contributed by atoms with Crippen molar-refractivity contribution in [1.82, 2.24) is 14.7 Å². The van der Waals surface area contributed by atoms with Gasteiger partial charge in [-0.1, -0.05) is 44.0 Å². The van der Waals surface area contributed by atoms with E-state index >= 15 is 0 Å². The summed E-state index contributed by atoms with van der Waals surface area (Å²) in [5.74, 6) is 0.787. The van der Waals surface area contributed by atoms with Gasteiger partial charge in [0, 0.05) is 30.2 Å². The Morgan fingerprint density at radius 3 is 2.32 bits per heavy atom. The van der Waals surface area contributed by atoms with Gasteiger partial charge in [0.2, 0.25) is 5.91 Å². The van der Waals surface area contributed by atoms with Gasteiger partial charge in [0.05, 0.1) is 35.8 Å². The van der Waals surface area contributed by atoms with Crippen LogP contribution in [0.4, 0.5) is 16.3 Å². The third-order valence-corrected chi connectivity index (χ3v) is 5.97. The van der Waals surface area contributed by atoms with E-state index in [0.717, 1.165) is 11.4 Å². The van der Waals surface area contributed by atoms with Gasteiger partial charge in [0.25, 0.3) is 0 Å². The number of carbonyl (C=O) groups is 2. The lowest BCUT2D eigenvalue weighted by Gasteiger charge is -2.22. The van der Waals surface area contributed by atoms with E-state index in [-0.39, 0.29) is 30.1 Å². The summed E-state index contributed by atoms with van der Waals surface area (Å²) in [5.41, 5.74) is 1.67. The predicted molar refractivity (Wildman–Crippen MR) is 146 cm³/mol. The van der Waals surface area contributed by atoms with Crippen LogP contribution in [-0.4, -0.2) is 60.5 Å². The molecule has 0 aliphatic carbocycles. The monoisotopic (exact) mass is 547 g/mol. The summed E-state index contributed by atoms with van der Waals surface area (Å²) < 4.78 is 12.0. The second-order valence-corrected chi connectivity index (χ2v) is 10.1. The van der Waals surface area contributed by atoms with Gasteiger partial charge in [-0.05, 0) is 42.5 Å². The summed E-state index contributed by atoms with van der Waals surface area (Å²) in [5, 5.41) is 11.1. The van der Waals surface area contributed by atoms with Crippen molar-refractivity contribution in [3.8, 4) is 11.4 Å². The number of hydrogen-bond acceptors (Lipinski definition) is 5. The molecule has 2 aromatic carbocycles. The molecule has 11 heteroatoms. The number of nitrogens with one attached hydrogen (secondary N) is 2. The summed E-state index contributed by atoms with van der Waals surface area (Å²) >= 11 is 12.1. The van der Waals surface area contributed by atoms with Crippen molar-refractivity contribution in [3.05, 3.63) is 64.3 Å². The maximum absolute atomic E-state index is 13.1. The lowest BCUT2D eigenvalue weighted by molar-refractivity contribution is -0.116. The number of carbonyl (C=O) groups excluding carboxylic acids is 2. The number of methoxy groups -OCH3 is 2. The van der Waals surface area contributed by atoms with Gasteiger partial charge in [0.1, 0.15) is 18.1 Å². The van der Waals surface area contributed by atoms with Crippen molar-refractivity contribution in [2.45, 2.75) is 26.2 Å². The Morgan fingerprint density at radius 2 is 1.73 bits per heavy atom. The predicted octanol–water partition coefficient (Wildman–Crippen LogP) is 5.60. The van der Waals surface area contributed by atoms with Crippen LogP contribution in [0.3, 0.4) is 0 Å². The lowest BCUT2D eigenvalue weighted by Crippen LogP contribution is -2.42. The molecule has 3 amide bonds. The van der Waals surface area contributed by atoms with Crippen molar-refractivity contribution < 1.29 is 19.1 Å². The molecule has 2 N–H and O–H groups in total. The number of aromatic nitrogens is 2. The molecule has 198 valence electrons. The van der Waals surface area contributed by atoms with Crippen molar-refractivity contribution in [1.29, 1.82) is 0 Å². The molecule has 1 aromatic heterocycles. The fourth-order valence-electron chi connectivity index (χ4n) is 3.35. The molecule has 37 heavy (non-hydrogen) atoms. The molecule has 3 rings (SSSR count). The lowest BCUT2D eigenvalue weighted by atomic mass is 9.92. The third kappa shape index (κ3) is 7.61. The van der Waals surface area contributed by atoms with E-state index in [2.05, 4.69) is 10.6 Å². The van der Waals surface area contributed by atoms with Crippen LogP contribution in [0.2, 0.25) is 10.0 Å². The molecule has 3 aromatic rings. The number of anilines is 2. The number of benzene rings is 2. The zero-order valence-electron chi connectivity index (χ0n) is 21.5. The Morgan fingerprint density at radius 1 is 1.03 bits per heavy atom. The minimum atomic E-state index is -0.504. The van der Waals surface area contributed by atoms with Gasteiger partial charge in [-0.3, -0.25) is 4.79 Å². The van der Waals surface area contributed by atoms with Crippen LogP contribution in [0, 0.1) is 0 Å². The van der Waals surface area contributed by atoms with Crippen LogP contribution < -0.4 is 15.4 Å². The van der Waals surface area contributed by atoms with Gasteiger partial charge < -0.3 is 25.0 Å². The Bertz CT molecular complexity index is 1240. The molecule has 0 fully saturated rings. The Kier molecular flexibility index (Phi) is 9.42. The van der Waals surface area contributed by atoms with Gasteiger partial charge in [-0.15, -0.1) is 0 Å². The summed E-state index contributed by atoms with van der Waals surface area (Å²) in [6.45, 7) is 6.33. The van der Waals surface area contributed by atoms with E-state index < -0.39 is 11.9 Å². The van der Waals surface area contributed by atoms with Crippen LogP contribution in [-0.2, 0) is 14.9 Å². The van der Waals surface area contributed by atoms with E-state index in [9.17, 15) is 9.59 Å². The third-order valence-electron chi connectivity index (χ3n) is 5.42. The first-order chi connectivity index (χ1) is 17.5. The quantitative estimate of drug-likeness (QED) is 0.363. The first-order valence-electron chi connectivity index (χ1n) is 11.6. The number of halogens is 2. The summed E-state index contributed by atoms with van der Waals surface area (Å²) in [7, 11) is 3.12. The first kappa shape index (κ1) is 28.3. The maximum Gasteiger partial charge on any atom is 0.322 e. The van der Waals surface area contributed by atoms with E-state index in [1.807, 2.05) is 51.1 Å². The van der Waals surface area contributed by atoms with E-state index in [4.69, 9.17) is 37.8 Å². The average molecular weight is 548 g/mol. The van der Waals surface area contributed by atoms with Crippen molar-refractivity contribution in [3.63, 3.8) is 0 Å². The largest absolute Gasteiger partial charge is 0.497 e. The number of ether oxygens (including phenoxy) is 2. The molecule has 0 saturated carbocycles. The van der Waals surface area contributed by atoms with Crippen LogP contribution in [0.5, 0.6) is 5.75 Å². The minimum Gasteiger partial charge on any atom is -0.497 e. The zero-order chi connectivity index (χ0) is 27.2. The molecule has 0 bridgehead atoms. The fraction of sp³-hybridized carbons (Fsp3) is 0.346. The standard InChI is InChI=1S/C26H31Cl2N5O4/c1-26(2,3)22-15-23(33(31-22)18-7-9-19(37-5)10-8-18)30-24(34)16-32(12-13-36-4)25(35)29-21-11-6-17(27)14-20(21)28/h6-11,14-15H,12-13,16H2,1-5H3,(H,29,35)(H,30,34). The highest BCUT2D eigenvalue weighted by molar-refractivity contribution is 6.36. The first-order valence-corrected chi connectivity index (χ1v) is 12.3. The topological polar surface area (TPSA) is 97.7 Å². The Hall–Kier alpha value is -3.27. The molecule has 0 aliphatic heterocycles. The molecule has 0 radical (unpaired) electrons. The van der Waals surface area contributed by atoms with E-state index in [0.29, 0.717) is 22.3 Å². The van der Waals surface area contributed by atoms with Gasteiger partial charge in [-0.2, -0.15) is 5.10 Å². The van der Waals surface area contributed by atoms with Crippen molar-refractivity contribution in [2.75, 3.05) is 44.5 Å². The molecular weight excluding hydrogens is 517 g/mol. The van der Waals surface area contributed by atoms with Crippen molar-refractivity contribution >= 4 is 46.6 Å². The number of nitrogens with zero attached hydrogens (tertiary/aromatic N) is 3. The fourth-order valence-corrected chi connectivity index (χ4v) is 3.81. The van der Waals surface area contributed by atoms with Gasteiger partial charge >= 0.3 is 6.03 Å². The number of hydrogen-bond donors (Lipinski definition) is 2. The molecule has 0 atom stereocenters. The Balaban J connectivity index is 1.81. The van der Waals surface area contributed by atoms with Gasteiger partial charge in [-0.25, -0.2) is 9.48 Å². The smallest absolute Gasteiger partial charge is 0.322 e. The number of rotatable bonds is 9. The number of amides is 3. The molecule has 0 spiro atoms. The van der Waals surface area contributed by atoms with E-state index in [1.165, 1.54) is 18.1 Å². The second kappa shape index (κ2) is 12.3. The summed E-state index contributed by atoms with van der Waals surface area (Å²) in [6, 6.07) is 13.4. The zero-order valence-corrected chi connectivity index (χ0v) is 23.0. The second-order valence-electron chi connectivity index (χ2n) is 9.29. The highest BCUT2D eigenvalue weighted by Gasteiger charge is 2.23. The molecule has 9 nitrogen and oxygen atoms in total. The molecule has 0 aliphatic rings. The van der Waals surface area contributed by atoms with Crippen LogP contribution in [0.1, 0.15) is 26.5 Å². The minimum absolute atomic E-state index is 0.186. The molecule has 0 saturated heterocycles. The highest BCUT2D eigenvalue weighted by Crippen LogP contribution is 2.28. The highest BCUT2D eigenvalue weighted by atomic mass is 35.5. The summed E-state index contributed by atoms with van der Waals surface area (Å²) in [6.07, 6.45) is 0. The van der Waals surface area contributed by atoms with Crippen LogP contribution in [0.25, 0.3) is 5.69 Å². The number of urea groups is 1. The summed E-state index contributed by atoms with van der Waals surface area (Å²) in [4.78, 5) is 27.4. The van der Waals surface area contributed by atoms with E-state index in [1.54, 1.807) is 23.9 Å². The molecule has 1 heterocycles. The average Bonchev–Trinajstić information content (AvgIpc) is 3.27. The Labute approximate surface area is 226 Å². The van der Waals surface area contributed by atoms with Crippen LogP contribution >= 0.6 is 23.2 Å². The molecule has 0 unspecified atom stereocenters. The maximum atomic E-state index is 13.1. The normalized spacial score (nSPS) is 11.2. The van der Waals surface area contributed by atoms with Crippen LogP contribution in [0.15, 0.2) is 48.5 Å². The SMILES string of the molecule is COCCN(CC(=O)Nc1cc(C(C)(C)C)nn1-c1ccc(OC)cc1)C(=O)Nc1ccc(Cl)cc1Cl. The molecular formula is C26H31Cl2N5O4.